The van der Waals surface area contributed by atoms with Gasteiger partial charge in [-0.1, -0.05) is 13.8 Å². The fourth-order valence-corrected chi connectivity index (χ4v) is 2.85. The van der Waals surface area contributed by atoms with Gasteiger partial charge in [-0.05, 0) is 18.1 Å². The number of anilines is 4. The third kappa shape index (κ3) is 2.90. The average Bonchev–Trinajstić information content (AvgIpc) is 2.61. The van der Waals surface area contributed by atoms with Crippen LogP contribution in [0.15, 0.2) is 24.5 Å². The van der Waals surface area contributed by atoms with Crippen molar-refractivity contribution in [1.82, 2.24) is 9.97 Å². The molecule has 3 heterocycles. The number of rotatable bonds is 3. The highest BCUT2D eigenvalue weighted by molar-refractivity contribution is 6.05. The lowest BCUT2D eigenvalue weighted by Crippen LogP contribution is -2.43. The molecule has 0 saturated carbocycles. The molecule has 8 nitrogen and oxygen atoms in total. The molecule has 0 aliphatic carbocycles. The monoisotopic (exact) mass is 341 g/mol. The molecule has 4 rings (SSSR count). The van der Waals surface area contributed by atoms with Crippen LogP contribution in [0.4, 0.5) is 23.0 Å². The number of hydrogen-bond acceptors (Lipinski definition) is 7. The fraction of sp³-hybridized carbons (Fsp3) is 0.353. The average molecular weight is 341 g/mol. The Balaban J connectivity index is 1.62. The van der Waals surface area contributed by atoms with Crippen molar-refractivity contribution >= 4 is 28.9 Å². The summed E-state index contributed by atoms with van der Waals surface area (Å²) in [6.07, 6.45) is 1.46. The summed E-state index contributed by atoms with van der Waals surface area (Å²) < 4.78 is 11.1. The molecule has 0 fully saturated rings. The number of amides is 1. The molecule has 130 valence electrons. The van der Waals surface area contributed by atoms with E-state index in [-0.39, 0.29) is 17.9 Å². The van der Waals surface area contributed by atoms with Crippen LogP contribution in [0.25, 0.3) is 0 Å². The van der Waals surface area contributed by atoms with Crippen LogP contribution in [0.2, 0.25) is 0 Å². The van der Waals surface area contributed by atoms with Crippen molar-refractivity contribution in [2.45, 2.75) is 19.9 Å². The van der Waals surface area contributed by atoms with Gasteiger partial charge >= 0.3 is 0 Å². The van der Waals surface area contributed by atoms with Gasteiger partial charge in [-0.15, -0.1) is 0 Å². The SMILES string of the molecule is CC(C)C1Nc2ncnc(Nc3ccc4c(c3)OCCO4)c2NC1=O. The van der Waals surface area contributed by atoms with Crippen LogP contribution >= 0.6 is 0 Å². The topological polar surface area (TPSA) is 97.4 Å². The summed E-state index contributed by atoms with van der Waals surface area (Å²) in [6, 6.07) is 5.25. The second-order valence-electron chi connectivity index (χ2n) is 6.28. The van der Waals surface area contributed by atoms with Crippen molar-refractivity contribution in [2.75, 3.05) is 29.2 Å². The predicted octanol–water partition coefficient (Wildman–Crippen LogP) is 2.38. The van der Waals surface area contributed by atoms with Crippen LogP contribution in [0.1, 0.15) is 13.8 Å². The highest BCUT2D eigenvalue weighted by atomic mass is 16.6. The van der Waals surface area contributed by atoms with Gasteiger partial charge in [0, 0.05) is 11.8 Å². The Morgan fingerprint density at radius 2 is 2.00 bits per heavy atom. The minimum absolute atomic E-state index is 0.0949. The first-order valence-electron chi connectivity index (χ1n) is 8.21. The van der Waals surface area contributed by atoms with E-state index in [0.29, 0.717) is 36.3 Å². The van der Waals surface area contributed by atoms with Crippen molar-refractivity contribution < 1.29 is 14.3 Å². The van der Waals surface area contributed by atoms with E-state index in [0.717, 1.165) is 11.4 Å². The third-order valence-corrected chi connectivity index (χ3v) is 4.14. The quantitative estimate of drug-likeness (QED) is 0.788. The van der Waals surface area contributed by atoms with Gasteiger partial charge in [0.15, 0.2) is 23.1 Å². The van der Waals surface area contributed by atoms with Gasteiger partial charge in [0.25, 0.3) is 0 Å². The lowest BCUT2D eigenvalue weighted by atomic mass is 10.0. The summed E-state index contributed by atoms with van der Waals surface area (Å²) in [6.45, 7) is 5.04. The van der Waals surface area contributed by atoms with Crippen molar-refractivity contribution in [3.63, 3.8) is 0 Å². The Bertz CT molecular complexity index is 824. The van der Waals surface area contributed by atoms with E-state index in [2.05, 4.69) is 25.9 Å². The normalized spacial score (nSPS) is 18.2. The Morgan fingerprint density at radius 1 is 1.20 bits per heavy atom. The molecule has 1 atom stereocenters. The largest absolute Gasteiger partial charge is 0.486 e. The van der Waals surface area contributed by atoms with E-state index in [4.69, 9.17) is 9.47 Å². The van der Waals surface area contributed by atoms with Crippen molar-refractivity contribution in [2.24, 2.45) is 5.92 Å². The van der Waals surface area contributed by atoms with Crippen molar-refractivity contribution in [3.05, 3.63) is 24.5 Å². The molecule has 2 aliphatic rings. The van der Waals surface area contributed by atoms with E-state index in [9.17, 15) is 4.79 Å². The molecule has 2 aliphatic heterocycles. The number of benzene rings is 1. The zero-order valence-electron chi connectivity index (χ0n) is 14.0. The molecular formula is C17H19N5O3. The Labute approximate surface area is 145 Å². The number of ether oxygens (including phenoxy) is 2. The highest BCUT2D eigenvalue weighted by Gasteiger charge is 2.30. The number of fused-ring (bicyclic) bond motifs is 2. The summed E-state index contributed by atoms with van der Waals surface area (Å²) in [5.74, 6) is 2.58. The van der Waals surface area contributed by atoms with E-state index < -0.39 is 0 Å². The fourth-order valence-electron chi connectivity index (χ4n) is 2.85. The predicted molar refractivity (Wildman–Crippen MR) is 93.6 cm³/mol. The number of nitrogens with one attached hydrogen (secondary N) is 3. The number of carbonyl (C=O) groups is 1. The van der Waals surface area contributed by atoms with Gasteiger partial charge in [0.2, 0.25) is 5.91 Å². The molecule has 1 aromatic carbocycles. The van der Waals surface area contributed by atoms with Gasteiger partial charge in [-0.25, -0.2) is 9.97 Å². The number of nitrogens with zero attached hydrogens (tertiary/aromatic N) is 2. The molecule has 0 spiro atoms. The lowest BCUT2D eigenvalue weighted by Gasteiger charge is -2.29. The molecule has 1 aromatic heterocycles. The van der Waals surface area contributed by atoms with Crippen molar-refractivity contribution in [1.29, 1.82) is 0 Å². The van der Waals surface area contributed by atoms with Crippen LogP contribution in [0.5, 0.6) is 11.5 Å². The van der Waals surface area contributed by atoms with Crippen LogP contribution in [0.3, 0.4) is 0 Å². The summed E-state index contributed by atoms with van der Waals surface area (Å²) >= 11 is 0. The zero-order chi connectivity index (χ0) is 17.4. The maximum absolute atomic E-state index is 12.3. The maximum Gasteiger partial charge on any atom is 0.247 e. The first-order valence-corrected chi connectivity index (χ1v) is 8.21. The molecular weight excluding hydrogens is 322 g/mol. The second-order valence-corrected chi connectivity index (χ2v) is 6.28. The first kappa shape index (κ1) is 15.5. The van der Waals surface area contributed by atoms with Crippen LogP contribution in [0, 0.1) is 5.92 Å². The second kappa shape index (κ2) is 6.12. The summed E-state index contributed by atoms with van der Waals surface area (Å²) in [5.41, 5.74) is 1.32. The zero-order valence-corrected chi connectivity index (χ0v) is 14.0. The van der Waals surface area contributed by atoms with Gasteiger partial charge in [0.1, 0.15) is 31.3 Å². The molecule has 0 radical (unpaired) electrons. The molecule has 1 unspecified atom stereocenters. The Kier molecular flexibility index (Phi) is 3.79. The minimum Gasteiger partial charge on any atom is -0.486 e. The van der Waals surface area contributed by atoms with E-state index >= 15 is 0 Å². The van der Waals surface area contributed by atoms with Gasteiger partial charge < -0.3 is 25.4 Å². The van der Waals surface area contributed by atoms with E-state index in [1.54, 1.807) is 0 Å². The molecule has 0 bridgehead atoms. The molecule has 8 heteroatoms. The third-order valence-electron chi connectivity index (χ3n) is 4.14. The smallest absolute Gasteiger partial charge is 0.247 e. The minimum atomic E-state index is -0.315. The Morgan fingerprint density at radius 3 is 2.80 bits per heavy atom. The van der Waals surface area contributed by atoms with Crippen LogP contribution < -0.4 is 25.4 Å². The van der Waals surface area contributed by atoms with Gasteiger partial charge in [-0.3, -0.25) is 4.79 Å². The van der Waals surface area contributed by atoms with Crippen molar-refractivity contribution in [3.8, 4) is 11.5 Å². The molecule has 3 N–H and O–H groups in total. The number of hydrogen-bond donors (Lipinski definition) is 3. The van der Waals surface area contributed by atoms with E-state index in [1.165, 1.54) is 6.33 Å². The van der Waals surface area contributed by atoms with E-state index in [1.807, 2.05) is 32.0 Å². The van der Waals surface area contributed by atoms with Gasteiger partial charge in [-0.2, -0.15) is 0 Å². The van der Waals surface area contributed by atoms with Crippen LogP contribution in [-0.4, -0.2) is 35.1 Å². The Hall–Kier alpha value is -3.03. The van der Waals surface area contributed by atoms with Crippen LogP contribution in [-0.2, 0) is 4.79 Å². The summed E-state index contributed by atoms with van der Waals surface area (Å²) in [5, 5.41) is 9.28. The molecule has 1 amide bonds. The van der Waals surface area contributed by atoms with Gasteiger partial charge in [0.05, 0.1) is 0 Å². The summed E-state index contributed by atoms with van der Waals surface area (Å²) in [7, 11) is 0. The lowest BCUT2D eigenvalue weighted by molar-refractivity contribution is -0.117. The summed E-state index contributed by atoms with van der Waals surface area (Å²) in [4.78, 5) is 20.8. The standard InChI is InChI=1S/C17H19N5O3/c1-9(2)13-17(23)22-14-15(18-8-19-16(14)21-13)20-10-3-4-11-12(7-10)25-6-5-24-11/h3-4,7-9,13H,5-6H2,1-2H3,(H,22,23)(H2,18,19,20,21). The number of carbonyl (C=O) groups excluding carboxylic acids is 1. The molecule has 0 saturated heterocycles. The first-order chi connectivity index (χ1) is 12.1. The highest BCUT2D eigenvalue weighted by Crippen LogP contribution is 2.36. The maximum atomic E-state index is 12.3. The number of aromatic nitrogens is 2. The molecule has 25 heavy (non-hydrogen) atoms. The molecule has 2 aromatic rings.